The molecule has 9 N–H and O–H groups in total. The van der Waals surface area contributed by atoms with E-state index in [-0.39, 0.29) is 16.8 Å². The molecule has 0 spiro atoms. The molecule has 0 radical (unpaired) electrons. The van der Waals surface area contributed by atoms with Crippen LogP contribution in [-0.4, -0.2) is 60.5 Å². The number of rotatable bonds is 15. The topological polar surface area (TPSA) is 316 Å². The van der Waals surface area contributed by atoms with E-state index >= 15 is 0 Å². The number of hydrogen-bond donors (Lipinski definition) is 6. The van der Waals surface area contributed by atoms with Crippen LogP contribution in [0.5, 0.6) is 0 Å². The standard InChI is InChI=1S/C13H21NO.C12H18ClNO.C11H14N2.C11H13N.C10H10FN.2C10H12N2O.2C10H12N2.2C10H11NO/c1-9(2)7-14-8-12(10(3)4)6-11(5)13(14)15;1-8(2)6-14-7-10(9(3)4)5-11(13)12(14)15;1-7(2)8-3-4-10-9(5-8)6-11(12)13-10;1-8(2)10-7-12-11-6-4-3-5-9(10)11;1-7(2)8-4-5-10(12-3)9(11)6-8;1-6(2)7-3-4-9-8(5-7)10(11)12-13-9;1-6(2)7-3-4-8-9(5-7)13-12-10(8)11;1-7(2)8-6-12-10-3-4-11-5-9(8)10;1-7(2)9-6-12-10-8(9)4-3-5-11-10;1-7(2)8-3-4-10-9(5-8)6-11-12-10;1-7(2)8-3-4-9-6-11-12-10(9)5-8/h6,8-10H,7H2,1-5H3;5,7-9H,6H2,1-4H3;3-5,7H,6H2,1-2H3,(H2,12,13);3-8,12H,1-2H3;4-7H,1-2H3;2*3-6H,1-2H3,(H2,11,12);3-7,12H,1-2H3;3-7H,1-2H3,(H,11,12);2*3-7H,1-2H3. The predicted octanol–water partition coefficient (Wildman–Crippen LogP) is 31.7. The molecule has 0 atom stereocenters. The van der Waals surface area contributed by atoms with Gasteiger partial charge in [-0.3, -0.25) is 14.6 Å². The van der Waals surface area contributed by atoms with Gasteiger partial charge in [-0.1, -0.05) is 279 Å². The second-order valence-electron chi connectivity index (χ2n) is 40.0. The lowest BCUT2D eigenvalue weighted by Crippen LogP contribution is -2.24. The molecule has 1 aliphatic heterocycles. The van der Waals surface area contributed by atoms with Crippen molar-refractivity contribution in [2.75, 3.05) is 11.5 Å². The van der Waals surface area contributed by atoms with Crippen molar-refractivity contribution in [2.45, 2.75) is 272 Å². The fourth-order valence-electron chi connectivity index (χ4n) is 15.3. The third-order valence-corrected chi connectivity index (χ3v) is 24.2. The van der Waals surface area contributed by atoms with E-state index < -0.39 is 5.82 Å². The molecule has 1 aliphatic rings. The average molecular weight is 1930 g/mol. The second kappa shape index (κ2) is 52.3. The van der Waals surface area contributed by atoms with Crippen molar-refractivity contribution in [3.05, 3.63) is 341 Å². The van der Waals surface area contributed by atoms with Crippen LogP contribution in [0.2, 0.25) is 5.02 Å². The number of nitrogen functional groups attached to an aromatic ring is 2. The second-order valence-corrected chi connectivity index (χ2v) is 40.4. The first-order chi connectivity index (χ1) is 66.9. The summed E-state index contributed by atoms with van der Waals surface area (Å²) < 4.78 is 36.7. The highest BCUT2D eigenvalue weighted by molar-refractivity contribution is 6.30. The van der Waals surface area contributed by atoms with Crippen molar-refractivity contribution in [2.24, 2.45) is 22.6 Å². The normalized spacial score (nSPS) is 11.5. The summed E-state index contributed by atoms with van der Waals surface area (Å²) in [4.78, 5) is 48.8. The number of aryl methyl sites for hydroxylation is 1. The van der Waals surface area contributed by atoms with E-state index in [9.17, 15) is 14.0 Å². The van der Waals surface area contributed by atoms with E-state index in [4.69, 9.17) is 53.5 Å². The number of H-pyrrole nitrogens is 3. The summed E-state index contributed by atoms with van der Waals surface area (Å²) in [6.07, 6.45) is 20.0. The Morgan fingerprint density at radius 2 is 0.887 bits per heavy atom. The largest absolute Gasteiger partial charge is 0.387 e. The quantitative estimate of drug-likeness (QED) is 0.0520. The lowest BCUT2D eigenvalue weighted by Gasteiger charge is -2.13. The molecule has 0 saturated heterocycles. The van der Waals surface area contributed by atoms with Crippen molar-refractivity contribution < 1.29 is 22.5 Å². The molecule has 744 valence electrons. The highest BCUT2D eigenvalue weighted by Crippen LogP contribution is 2.34. The fraction of sp³-hybridized carbons (Fsp3) is 0.368. The van der Waals surface area contributed by atoms with Crippen LogP contribution < -0.4 is 28.3 Å². The van der Waals surface area contributed by atoms with Gasteiger partial charge in [-0.15, -0.1) is 0 Å². The maximum atomic E-state index is 13.0. The van der Waals surface area contributed by atoms with Crippen LogP contribution in [-0.2, 0) is 19.5 Å². The lowest BCUT2D eigenvalue weighted by atomic mass is 9.99. The fourth-order valence-corrected chi connectivity index (χ4v) is 15.6. The van der Waals surface area contributed by atoms with Crippen molar-refractivity contribution >= 4 is 117 Å². The van der Waals surface area contributed by atoms with Crippen LogP contribution in [0.1, 0.15) is 317 Å². The molecule has 24 heteroatoms. The Bertz CT molecular complexity index is 6890. The van der Waals surface area contributed by atoms with Gasteiger partial charge in [0, 0.05) is 113 Å². The Kier molecular flexibility index (Phi) is 41.1. The summed E-state index contributed by atoms with van der Waals surface area (Å²) in [5.41, 5.74) is 40.7. The number of aromatic amines is 3. The number of anilines is 2. The van der Waals surface area contributed by atoms with E-state index in [2.05, 4.69) is 307 Å². The highest BCUT2D eigenvalue weighted by atomic mass is 35.5. The Balaban J connectivity index is 0.000000173. The van der Waals surface area contributed by atoms with Crippen molar-refractivity contribution in [1.82, 2.24) is 54.7 Å². The lowest BCUT2D eigenvalue weighted by molar-refractivity contribution is 0.456. The summed E-state index contributed by atoms with van der Waals surface area (Å²) in [5, 5.41) is 23.0. The highest BCUT2D eigenvalue weighted by Gasteiger charge is 2.18. The molecule has 11 aromatic heterocycles. The summed E-state index contributed by atoms with van der Waals surface area (Å²) in [5.74, 6) is 7.75. The molecular formula is C117H146ClFN16O6. The molecule has 0 amide bonds. The molecule has 0 unspecified atom stereocenters. The zero-order chi connectivity index (χ0) is 103. The maximum absolute atomic E-state index is 13.0. The monoisotopic (exact) mass is 1930 g/mol. The van der Waals surface area contributed by atoms with Gasteiger partial charge in [0.05, 0.1) is 35.4 Å². The number of fused-ring (bicyclic) bond motifs is 8. The predicted molar refractivity (Wildman–Crippen MR) is 585 cm³/mol. The van der Waals surface area contributed by atoms with E-state index in [1.165, 1.54) is 95.0 Å². The van der Waals surface area contributed by atoms with Gasteiger partial charge in [0.15, 0.2) is 34.0 Å². The number of nitrogens with one attached hydrogen (secondary N) is 3. The molecule has 18 aromatic rings. The van der Waals surface area contributed by atoms with E-state index in [0.717, 1.165) is 97.2 Å². The summed E-state index contributed by atoms with van der Waals surface area (Å²) in [6, 6.07) is 53.8. The first-order valence-electron chi connectivity index (χ1n) is 49.0. The number of benzene rings is 7. The number of para-hydroxylation sites is 1. The van der Waals surface area contributed by atoms with Gasteiger partial charge in [0.25, 0.3) is 11.1 Å². The van der Waals surface area contributed by atoms with Gasteiger partial charge in [-0.05, 0) is 248 Å². The molecule has 0 aliphatic carbocycles. The molecule has 7 aromatic carbocycles. The van der Waals surface area contributed by atoms with Gasteiger partial charge in [0.1, 0.15) is 22.3 Å². The number of aromatic nitrogens is 11. The molecule has 12 heterocycles. The van der Waals surface area contributed by atoms with Crippen LogP contribution >= 0.6 is 11.6 Å². The van der Waals surface area contributed by atoms with Crippen LogP contribution in [0.4, 0.5) is 27.4 Å². The van der Waals surface area contributed by atoms with Crippen LogP contribution in [0.3, 0.4) is 0 Å². The average Bonchev–Trinajstić information content (AvgIpc) is 1.61. The molecule has 22 nitrogen and oxygen atoms in total. The number of hydrogen-bond acceptors (Lipinski definition) is 16. The molecule has 0 bridgehead atoms. The zero-order valence-electron chi connectivity index (χ0n) is 87.4. The van der Waals surface area contributed by atoms with Crippen LogP contribution in [0, 0.1) is 31.1 Å². The number of pyridine rings is 4. The summed E-state index contributed by atoms with van der Waals surface area (Å²) in [7, 11) is 0. The first-order valence-corrected chi connectivity index (χ1v) is 49.4. The minimum absolute atomic E-state index is 0.0882. The first kappa shape index (κ1) is 111. The van der Waals surface area contributed by atoms with Crippen molar-refractivity contribution in [1.29, 1.82) is 0 Å². The Hall–Kier alpha value is -14.0. The Morgan fingerprint density at radius 3 is 1.48 bits per heavy atom. The number of nitrogens with zero attached hydrogens (tertiary/aromatic N) is 10. The number of nitrogens with two attached hydrogens (primary N) is 3. The summed E-state index contributed by atoms with van der Waals surface area (Å²) in [6.45, 7) is 65.8. The van der Waals surface area contributed by atoms with Gasteiger partial charge in [0.2, 0.25) is 5.69 Å². The van der Waals surface area contributed by atoms with Gasteiger partial charge < -0.3 is 59.4 Å². The third kappa shape index (κ3) is 31.5. The number of halogens is 2. The summed E-state index contributed by atoms with van der Waals surface area (Å²) >= 11 is 5.91. The van der Waals surface area contributed by atoms with Gasteiger partial charge in [-0.2, -0.15) is 0 Å². The molecular weight excluding hydrogens is 1780 g/mol. The smallest absolute Gasteiger partial charge is 0.269 e. The Morgan fingerprint density at radius 1 is 0.418 bits per heavy atom. The van der Waals surface area contributed by atoms with Crippen LogP contribution in [0.25, 0.3) is 81.6 Å². The molecule has 141 heavy (non-hydrogen) atoms. The molecule has 19 rings (SSSR count). The third-order valence-electron chi connectivity index (χ3n) is 23.9. The molecule has 0 fully saturated rings. The number of aliphatic imine (C=N–C) groups is 1. The van der Waals surface area contributed by atoms with E-state index in [1.807, 2.05) is 129 Å². The maximum Gasteiger partial charge on any atom is 0.269 e. The van der Waals surface area contributed by atoms with E-state index in [0.29, 0.717) is 93.6 Å². The van der Waals surface area contributed by atoms with Crippen LogP contribution in [0.15, 0.2) is 258 Å². The SMILES string of the molecule is CC(C)Cn1cc(C(C)C)cc(Cl)c1=O.CC(C)c1c[nH]c2ccccc12.CC(C)c1c[nH]c2ccncc12.CC(C)c1c[nH]c2ncccc12.CC(C)c1ccc2c(N)noc2c1.CC(C)c1ccc2c(c1)CC(N)=N2.CC(C)c1ccc2cnoc2c1.CC(C)c1ccc2onc(N)c2c1.CC(C)c1ccc2oncc2c1.Cc1cc(C(C)C)cn(CC(C)C)c1=O.[C-]#[N+]c1ccc(C(C)C)cc1F. The zero-order valence-corrected chi connectivity index (χ0v) is 88.2. The van der Waals surface area contributed by atoms with Gasteiger partial charge >= 0.3 is 0 Å². The minimum atomic E-state index is -0.420. The van der Waals surface area contributed by atoms with Gasteiger partial charge in [-0.25, -0.2) is 19.2 Å². The van der Waals surface area contributed by atoms with E-state index in [1.54, 1.807) is 29.1 Å². The van der Waals surface area contributed by atoms with Crippen molar-refractivity contribution in [3.63, 3.8) is 0 Å². The minimum Gasteiger partial charge on any atom is -0.387 e. The Labute approximate surface area is 835 Å². The number of amidine groups is 1. The molecule has 0 saturated carbocycles. The van der Waals surface area contributed by atoms with Crippen molar-refractivity contribution in [3.8, 4) is 0 Å².